The molecular weight excluding hydrogens is 302 g/mol. The molecule has 1 aromatic heterocycles. The molecule has 1 aliphatic heterocycles. The fraction of sp³-hybridized carbons (Fsp3) is 0.444. The normalized spacial score (nSPS) is 14.3. The molecule has 2 rings (SSSR count). The van der Waals surface area contributed by atoms with Gasteiger partial charge in [-0.15, -0.1) is 0 Å². The van der Waals surface area contributed by atoms with E-state index in [9.17, 15) is 4.79 Å². The SMILES string of the molecule is N#CCCN(CCC#N)C(=O)CN1CCC=C(c2ccccn2)C1. The van der Waals surface area contributed by atoms with Crippen molar-refractivity contribution in [1.82, 2.24) is 14.8 Å². The van der Waals surface area contributed by atoms with Gasteiger partial charge < -0.3 is 4.90 Å². The van der Waals surface area contributed by atoms with Crippen LogP contribution in [0.25, 0.3) is 5.57 Å². The smallest absolute Gasteiger partial charge is 0.236 e. The Balaban J connectivity index is 1.94. The highest BCUT2D eigenvalue weighted by atomic mass is 16.2. The molecule has 0 atom stereocenters. The molecule has 0 aliphatic carbocycles. The number of carbonyl (C=O) groups excluding carboxylic acids is 1. The van der Waals surface area contributed by atoms with Gasteiger partial charge in [0.05, 0.1) is 37.2 Å². The highest BCUT2D eigenvalue weighted by molar-refractivity contribution is 5.79. The molecule has 1 aromatic rings. The summed E-state index contributed by atoms with van der Waals surface area (Å²) in [6, 6.07) is 9.93. The number of hydrogen-bond donors (Lipinski definition) is 0. The molecule has 0 saturated carbocycles. The minimum Gasteiger partial charge on any atom is -0.340 e. The third kappa shape index (κ3) is 5.19. The van der Waals surface area contributed by atoms with Crippen molar-refractivity contribution < 1.29 is 4.79 Å². The number of carbonyl (C=O) groups is 1. The molecule has 0 saturated heterocycles. The van der Waals surface area contributed by atoms with Crippen LogP contribution in [0.3, 0.4) is 0 Å². The van der Waals surface area contributed by atoms with Gasteiger partial charge >= 0.3 is 0 Å². The summed E-state index contributed by atoms with van der Waals surface area (Å²) in [7, 11) is 0. The van der Waals surface area contributed by atoms with Gasteiger partial charge in [0.1, 0.15) is 0 Å². The summed E-state index contributed by atoms with van der Waals surface area (Å²) < 4.78 is 0. The second-order valence-corrected chi connectivity index (χ2v) is 5.64. The Morgan fingerprint density at radius 2 is 2.00 bits per heavy atom. The number of nitrogens with zero attached hydrogens (tertiary/aromatic N) is 5. The first-order chi connectivity index (χ1) is 11.7. The van der Waals surface area contributed by atoms with Gasteiger partial charge in [-0.1, -0.05) is 12.1 Å². The predicted molar refractivity (Wildman–Crippen MR) is 90.3 cm³/mol. The summed E-state index contributed by atoms with van der Waals surface area (Å²) in [5, 5.41) is 17.5. The molecule has 1 aliphatic rings. The van der Waals surface area contributed by atoms with Gasteiger partial charge in [-0.05, 0) is 24.1 Å². The second kappa shape index (κ2) is 9.44. The van der Waals surface area contributed by atoms with Gasteiger partial charge in [0.15, 0.2) is 0 Å². The molecule has 2 heterocycles. The van der Waals surface area contributed by atoms with E-state index in [2.05, 4.69) is 28.1 Å². The molecule has 6 heteroatoms. The van der Waals surface area contributed by atoms with Crippen molar-refractivity contribution in [3.63, 3.8) is 0 Å². The Bertz CT molecular complexity index is 638. The van der Waals surface area contributed by atoms with Crippen LogP contribution in [-0.4, -0.2) is 53.4 Å². The van der Waals surface area contributed by atoms with E-state index in [0.717, 1.165) is 24.2 Å². The van der Waals surface area contributed by atoms with Crippen molar-refractivity contribution in [3.05, 3.63) is 36.2 Å². The minimum absolute atomic E-state index is 0.0252. The van der Waals surface area contributed by atoms with Crippen molar-refractivity contribution in [1.29, 1.82) is 10.5 Å². The van der Waals surface area contributed by atoms with Gasteiger partial charge in [0.25, 0.3) is 0 Å². The number of hydrogen-bond acceptors (Lipinski definition) is 5. The van der Waals surface area contributed by atoms with Crippen LogP contribution in [0, 0.1) is 22.7 Å². The highest BCUT2D eigenvalue weighted by Gasteiger charge is 2.20. The predicted octanol–water partition coefficient (Wildman–Crippen LogP) is 1.83. The van der Waals surface area contributed by atoms with Gasteiger partial charge in [0.2, 0.25) is 5.91 Å². The van der Waals surface area contributed by atoms with Crippen LogP contribution in [-0.2, 0) is 4.79 Å². The molecule has 0 aromatic carbocycles. The first-order valence-corrected chi connectivity index (χ1v) is 8.09. The lowest BCUT2D eigenvalue weighted by molar-refractivity contribution is -0.132. The van der Waals surface area contributed by atoms with Crippen molar-refractivity contribution in [2.24, 2.45) is 0 Å². The fourth-order valence-electron chi connectivity index (χ4n) is 2.70. The van der Waals surface area contributed by atoms with Gasteiger partial charge in [-0.3, -0.25) is 14.7 Å². The van der Waals surface area contributed by atoms with Crippen molar-refractivity contribution in [2.75, 3.05) is 32.7 Å². The first-order valence-electron chi connectivity index (χ1n) is 8.09. The summed E-state index contributed by atoms with van der Waals surface area (Å²) in [6.45, 7) is 2.59. The van der Waals surface area contributed by atoms with E-state index in [4.69, 9.17) is 10.5 Å². The van der Waals surface area contributed by atoms with Crippen LogP contribution < -0.4 is 0 Å². The van der Waals surface area contributed by atoms with Crippen LogP contribution in [0.1, 0.15) is 25.0 Å². The molecule has 0 N–H and O–H groups in total. The lowest BCUT2D eigenvalue weighted by Gasteiger charge is -2.29. The number of amides is 1. The topological polar surface area (TPSA) is 84.0 Å². The van der Waals surface area contributed by atoms with Crippen molar-refractivity contribution in [2.45, 2.75) is 19.3 Å². The molecule has 1 amide bonds. The minimum atomic E-state index is -0.0252. The van der Waals surface area contributed by atoms with E-state index in [1.54, 1.807) is 11.1 Å². The summed E-state index contributed by atoms with van der Waals surface area (Å²) in [4.78, 5) is 20.6. The van der Waals surface area contributed by atoms with E-state index in [0.29, 0.717) is 26.2 Å². The summed E-state index contributed by atoms with van der Waals surface area (Å²) in [6.07, 6.45) is 5.40. The lowest BCUT2D eigenvalue weighted by atomic mass is 10.1. The van der Waals surface area contributed by atoms with Crippen LogP contribution in [0.5, 0.6) is 0 Å². The fourth-order valence-corrected chi connectivity index (χ4v) is 2.70. The molecular formula is C18H21N5O. The average Bonchev–Trinajstić information content (AvgIpc) is 2.63. The molecule has 0 radical (unpaired) electrons. The van der Waals surface area contributed by atoms with Crippen LogP contribution in [0.2, 0.25) is 0 Å². The van der Waals surface area contributed by atoms with E-state index in [1.807, 2.05) is 18.2 Å². The standard InChI is InChI=1S/C18H21N5O/c19-8-4-12-23(13-5-9-20)18(24)15-22-11-3-6-16(14-22)17-7-1-2-10-21-17/h1-2,6-7,10H,3-5,11-15H2. The highest BCUT2D eigenvalue weighted by Crippen LogP contribution is 2.18. The van der Waals surface area contributed by atoms with E-state index in [-0.39, 0.29) is 18.7 Å². The zero-order valence-corrected chi connectivity index (χ0v) is 13.7. The van der Waals surface area contributed by atoms with E-state index < -0.39 is 0 Å². The van der Waals surface area contributed by atoms with Gasteiger partial charge in [-0.2, -0.15) is 10.5 Å². The number of rotatable bonds is 7. The third-order valence-corrected chi connectivity index (χ3v) is 3.92. The molecule has 0 spiro atoms. The molecule has 0 fully saturated rings. The maximum atomic E-state index is 12.5. The summed E-state index contributed by atoms with van der Waals surface area (Å²) in [5.74, 6) is -0.0252. The molecule has 0 bridgehead atoms. The quantitative estimate of drug-likeness (QED) is 0.764. The largest absolute Gasteiger partial charge is 0.340 e. The van der Waals surface area contributed by atoms with Crippen LogP contribution in [0.15, 0.2) is 30.5 Å². The summed E-state index contributed by atoms with van der Waals surface area (Å²) in [5.41, 5.74) is 2.08. The molecule has 6 nitrogen and oxygen atoms in total. The zero-order chi connectivity index (χ0) is 17.2. The van der Waals surface area contributed by atoms with Crippen molar-refractivity contribution in [3.8, 4) is 12.1 Å². The van der Waals surface area contributed by atoms with Gasteiger partial charge in [0, 0.05) is 32.4 Å². The number of pyridine rings is 1. The maximum absolute atomic E-state index is 12.5. The summed E-state index contributed by atoms with van der Waals surface area (Å²) >= 11 is 0. The third-order valence-electron chi connectivity index (χ3n) is 3.92. The lowest BCUT2D eigenvalue weighted by Crippen LogP contribution is -2.42. The second-order valence-electron chi connectivity index (χ2n) is 5.64. The Morgan fingerprint density at radius 1 is 1.25 bits per heavy atom. The first kappa shape index (κ1) is 17.7. The van der Waals surface area contributed by atoms with Crippen LogP contribution >= 0.6 is 0 Å². The van der Waals surface area contributed by atoms with Gasteiger partial charge in [-0.25, -0.2) is 0 Å². The Kier molecular flexibility index (Phi) is 6.94. The Labute approximate surface area is 142 Å². The molecule has 0 unspecified atom stereocenters. The Morgan fingerprint density at radius 3 is 2.62 bits per heavy atom. The van der Waals surface area contributed by atoms with E-state index >= 15 is 0 Å². The zero-order valence-electron chi connectivity index (χ0n) is 13.7. The van der Waals surface area contributed by atoms with Crippen molar-refractivity contribution >= 4 is 11.5 Å². The Hall–Kier alpha value is -2.70. The van der Waals surface area contributed by atoms with Crippen LogP contribution in [0.4, 0.5) is 0 Å². The molecule has 24 heavy (non-hydrogen) atoms. The average molecular weight is 323 g/mol. The monoisotopic (exact) mass is 323 g/mol. The maximum Gasteiger partial charge on any atom is 0.236 e. The molecule has 124 valence electrons. The number of aromatic nitrogens is 1. The van der Waals surface area contributed by atoms with E-state index in [1.165, 1.54) is 0 Å². The number of nitriles is 2.